The number of nitrogens with zero attached hydrogens (tertiary/aromatic N) is 3. The largest absolute Gasteiger partial charge is 0.340 e. The number of hydrogen-bond donors (Lipinski definition) is 2. The molecule has 3 rings (SSSR count). The number of rotatable bonds is 5. The van der Waals surface area contributed by atoms with E-state index in [0.29, 0.717) is 0 Å². The number of anilines is 1. The summed E-state index contributed by atoms with van der Waals surface area (Å²) in [7, 11) is 0. The lowest BCUT2D eigenvalue weighted by Crippen LogP contribution is -2.37. The third kappa shape index (κ3) is 3.02. The fourth-order valence-electron chi connectivity index (χ4n) is 2.61. The van der Waals surface area contributed by atoms with Crippen LogP contribution in [0, 0.1) is 5.92 Å². The third-order valence-corrected chi connectivity index (χ3v) is 4.53. The zero-order valence-corrected chi connectivity index (χ0v) is 12.6. The van der Waals surface area contributed by atoms with Crippen LogP contribution in [0.25, 0.3) is 11.4 Å². The Kier molecular flexibility index (Phi) is 4.32. The molecule has 3 heterocycles. The first-order valence-electron chi connectivity index (χ1n) is 7.27. The van der Waals surface area contributed by atoms with Gasteiger partial charge in [-0.25, -0.2) is 0 Å². The molecule has 0 aromatic carbocycles. The summed E-state index contributed by atoms with van der Waals surface area (Å²) in [5, 5.41) is 15.0. The van der Waals surface area contributed by atoms with Crippen LogP contribution in [0.1, 0.15) is 19.8 Å². The molecule has 1 fully saturated rings. The first-order valence-corrected chi connectivity index (χ1v) is 8.21. The Morgan fingerprint density at radius 2 is 2.30 bits per heavy atom. The van der Waals surface area contributed by atoms with E-state index in [1.807, 2.05) is 0 Å². The summed E-state index contributed by atoms with van der Waals surface area (Å²) in [5.74, 6) is 2.51. The number of piperidine rings is 1. The highest BCUT2D eigenvalue weighted by Crippen LogP contribution is 2.23. The van der Waals surface area contributed by atoms with Gasteiger partial charge in [0.2, 0.25) is 5.95 Å². The Balaban J connectivity index is 1.58. The van der Waals surface area contributed by atoms with E-state index in [1.165, 1.54) is 12.8 Å². The molecule has 0 spiro atoms. The summed E-state index contributed by atoms with van der Waals surface area (Å²) in [6.45, 7) is 6.46. The molecule has 0 unspecified atom stereocenters. The number of aromatic amines is 1. The van der Waals surface area contributed by atoms with E-state index in [-0.39, 0.29) is 0 Å². The molecule has 2 aromatic rings. The second-order valence-corrected chi connectivity index (χ2v) is 6.01. The van der Waals surface area contributed by atoms with E-state index in [0.717, 1.165) is 49.4 Å². The summed E-state index contributed by atoms with van der Waals surface area (Å²) in [6.07, 6.45) is 2.44. The van der Waals surface area contributed by atoms with E-state index in [9.17, 15) is 0 Å². The van der Waals surface area contributed by atoms with Gasteiger partial charge in [-0.15, -0.1) is 5.10 Å². The predicted molar refractivity (Wildman–Crippen MR) is 83.2 cm³/mol. The molecule has 108 valence electrons. The maximum absolute atomic E-state index is 4.61. The van der Waals surface area contributed by atoms with Gasteiger partial charge in [-0.05, 0) is 43.3 Å². The average molecular weight is 291 g/mol. The Morgan fingerprint density at radius 3 is 3.00 bits per heavy atom. The molecule has 0 atom stereocenters. The first kappa shape index (κ1) is 13.6. The lowest BCUT2D eigenvalue weighted by molar-refractivity contribution is 0.384. The number of nitrogens with one attached hydrogen (secondary N) is 2. The van der Waals surface area contributed by atoms with E-state index in [1.54, 1.807) is 11.3 Å². The van der Waals surface area contributed by atoms with E-state index < -0.39 is 0 Å². The quantitative estimate of drug-likeness (QED) is 0.888. The number of thiophene rings is 1. The SMILES string of the molecule is CCNCC1CCN(c2n[nH]c(-c3ccsc3)n2)CC1. The van der Waals surface area contributed by atoms with E-state index in [4.69, 9.17) is 0 Å². The molecule has 1 aliphatic rings. The van der Waals surface area contributed by atoms with Crippen molar-refractivity contribution >= 4 is 17.3 Å². The van der Waals surface area contributed by atoms with Crippen LogP contribution in [0.5, 0.6) is 0 Å². The van der Waals surface area contributed by atoms with Crippen molar-refractivity contribution in [3.63, 3.8) is 0 Å². The monoisotopic (exact) mass is 291 g/mol. The van der Waals surface area contributed by atoms with E-state index in [2.05, 4.69) is 49.1 Å². The van der Waals surface area contributed by atoms with Crippen molar-refractivity contribution in [1.82, 2.24) is 20.5 Å². The number of hydrogen-bond acceptors (Lipinski definition) is 5. The Morgan fingerprint density at radius 1 is 1.45 bits per heavy atom. The highest BCUT2D eigenvalue weighted by Gasteiger charge is 2.21. The molecule has 0 radical (unpaired) electrons. The van der Waals surface area contributed by atoms with Gasteiger partial charge in [0.25, 0.3) is 0 Å². The van der Waals surface area contributed by atoms with Crippen LogP contribution in [-0.4, -0.2) is 41.4 Å². The molecule has 6 heteroatoms. The van der Waals surface area contributed by atoms with Crippen LogP contribution in [0.4, 0.5) is 5.95 Å². The summed E-state index contributed by atoms with van der Waals surface area (Å²) in [4.78, 5) is 6.90. The maximum Gasteiger partial charge on any atom is 0.245 e. The van der Waals surface area contributed by atoms with Gasteiger partial charge in [0.05, 0.1) is 0 Å². The third-order valence-electron chi connectivity index (χ3n) is 3.85. The smallest absolute Gasteiger partial charge is 0.245 e. The normalized spacial score (nSPS) is 16.8. The highest BCUT2D eigenvalue weighted by atomic mass is 32.1. The minimum Gasteiger partial charge on any atom is -0.340 e. The van der Waals surface area contributed by atoms with Crippen molar-refractivity contribution in [2.45, 2.75) is 19.8 Å². The standard InChI is InChI=1S/C14H21N5S/c1-2-15-9-11-3-6-19(7-4-11)14-16-13(17-18-14)12-5-8-20-10-12/h5,8,10-11,15H,2-4,6-7,9H2,1H3,(H,16,17,18). The molecule has 0 aliphatic carbocycles. The van der Waals surface area contributed by atoms with Crippen LogP contribution in [-0.2, 0) is 0 Å². The Labute approximate surface area is 123 Å². The molecule has 1 saturated heterocycles. The molecular weight excluding hydrogens is 270 g/mol. The van der Waals surface area contributed by atoms with E-state index >= 15 is 0 Å². The Hall–Kier alpha value is -1.40. The molecule has 20 heavy (non-hydrogen) atoms. The van der Waals surface area contributed by atoms with Gasteiger partial charge in [0.15, 0.2) is 5.82 Å². The van der Waals surface area contributed by atoms with Crippen molar-refractivity contribution in [2.75, 3.05) is 31.1 Å². The summed E-state index contributed by atoms with van der Waals surface area (Å²) < 4.78 is 0. The van der Waals surface area contributed by atoms with Gasteiger partial charge in [-0.2, -0.15) is 16.3 Å². The van der Waals surface area contributed by atoms with Crippen LogP contribution in [0.2, 0.25) is 0 Å². The van der Waals surface area contributed by atoms with Crippen LogP contribution in [0.3, 0.4) is 0 Å². The number of H-pyrrole nitrogens is 1. The minimum atomic E-state index is 0.793. The topological polar surface area (TPSA) is 56.8 Å². The minimum absolute atomic E-state index is 0.793. The maximum atomic E-state index is 4.61. The molecule has 2 N–H and O–H groups in total. The van der Waals surface area contributed by atoms with Crippen molar-refractivity contribution in [1.29, 1.82) is 0 Å². The molecule has 1 aliphatic heterocycles. The van der Waals surface area contributed by atoms with Crippen molar-refractivity contribution < 1.29 is 0 Å². The first-order chi connectivity index (χ1) is 9.86. The van der Waals surface area contributed by atoms with Gasteiger partial charge in [0, 0.05) is 24.0 Å². The second kappa shape index (κ2) is 6.37. The molecule has 0 saturated carbocycles. The molecule has 0 bridgehead atoms. The van der Waals surface area contributed by atoms with Gasteiger partial charge in [-0.1, -0.05) is 6.92 Å². The summed E-state index contributed by atoms with van der Waals surface area (Å²) in [5.41, 5.74) is 1.12. The van der Waals surface area contributed by atoms with Gasteiger partial charge < -0.3 is 10.2 Å². The Bertz CT molecular complexity index is 513. The van der Waals surface area contributed by atoms with Gasteiger partial charge >= 0.3 is 0 Å². The van der Waals surface area contributed by atoms with Crippen LogP contribution in [0.15, 0.2) is 16.8 Å². The predicted octanol–water partition coefficient (Wildman–Crippen LogP) is 2.36. The fraction of sp³-hybridized carbons (Fsp3) is 0.571. The van der Waals surface area contributed by atoms with Gasteiger partial charge in [-0.3, -0.25) is 5.10 Å². The zero-order chi connectivity index (χ0) is 13.8. The van der Waals surface area contributed by atoms with Crippen LogP contribution < -0.4 is 10.2 Å². The lowest BCUT2D eigenvalue weighted by Gasteiger charge is -2.31. The van der Waals surface area contributed by atoms with Crippen LogP contribution >= 0.6 is 11.3 Å². The van der Waals surface area contributed by atoms with Gasteiger partial charge in [0.1, 0.15) is 0 Å². The molecule has 2 aromatic heterocycles. The molecule has 5 nitrogen and oxygen atoms in total. The fourth-order valence-corrected chi connectivity index (χ4v) is 3.25. The zero-order valence-electron chi connectivity index (χ0n) is 11.8. The second-order valence-electron chi connectivity index (χ2n) is 5.23. The van der Waals surface area contributed by atoms with Crippen molar-refractivity contribution in [3.05, 3.63) is 16.8 Å². The lowest BCUT2D eigenvalue weighted by atomic mass is 9.97. The summed E-state index contributed by atoms with van der Waals surface area (Å²) >= 11 is 1.68. The van der Waals surface area contributed by atoms with Crippen molar-refractivity contribution in [2.24, 2.45) is 5.92 Å². The summed E-state index contributed by atoms with van der Waals surface area (Å²) in [6, 6.07) is 2.07. The highest BCUT2D eigenvalue weighted by molar-refractivity contribution is 7.08. The average Bonchev–Trinajstić information content (AvgIpc) is 3.16. The van der Waals surface area contributed by atoms with Crippen molar-refractivity contribution in [3.8, 4) is 11.4 Å². The molecule has 0 amide bonds. The number of aromatic nitrogens is 3. The molecular formula is C14H21N5S.